The molecule has 4 rings (SSSR count). The fourth-order valence-corrected chi connectivity index (χ4v) is 3.55. The number of halogens is 2. The van der Waals surface area contributed by atoms with E-state index < -0.39 is 0 Å². The van der Waals surface area contributed by atoms with E-state index in [-0.39, 0.29) is 0 Å². The van der Waals surface area contributed by atoms with E-state index in [0.29, 0.717) is 0 Å². The monoisotopic (exact) mass is 470 g/mol. The highest BCUT2D eigenvalue weighted by molar-refractivity contribution is 9.10. The molecular weight excluding hydrogens is 456 g/mol. The predicted molar refractivity (Wildman–Crippen MR) is 110 cm³/mol. The van der Waals surface area contributed by atoms with Crippen LogP contribution in [0.4, 0.5) is 0 Å². The molecule has 4 nitrogen and oxygen atoms in total. The van der Waals surface area contributed by atoms with Gasteiger partial charge in [0.2, 0.25) is 0 Å². The van der Waals surface area contributed by atoms with Crippen LogP contribution < -0.4 is 0 Å². The smallest absolute Gasteiger partial charge is 0.0656 e. The van der Waals surface area contributed by atoms with Gasteiger partial charge >= 0.3 is 0 Å². The van der Waals surface area contributed by atoms with Gasteiger partial charge in [-0.05, 0) is 61.4 Å². The van der Waals surface area contributed by atoms with Gasteiger partial charge in [0.1, 0.15) is 0 Å². The third-order valence-electron chi connectivity index (χ3n) is 4.07. The Hall–Kier alpha value is -2.18. The fraction of sp³-hybridized carbons (Fsp3) is 0.100. The van der Waals surface area contributed by atoms with Crippen LogP contribution in [0.1, 0.15) is 11.4 Å². The maximum absolute atomic E-state index is 4.67. The summed E-state index contributed by atoms with van der Waals surface area (Å²) >= 11 is 7.00. The first-order chi connectivity index (χ1) is 12.7. The van der Waals surface area contributed by atoms with Gasteiger partial charge in [-0.3, -0.25) is 0 Å². The number of aryl methyl sites for hydroxylation is 2. The highest BCUT2D eigenvalue weighted by Crippen LogP contribution is 2.17. The largest absolute Gasteiger partial charge is 0.241 e. The van der Waals surface area contributed by atoms with Crippen molar-refractivity contribution in [2.24, 2.45) is 0 Å². The molecule has 0 N–H and O–H groups in total. The van der Waals surface area contributed by atoms with Gasteiger partial charge in [-0.1, -0.05) is 44.0 Å². The van der Waals surface area contributed by atoms with E-state index in [2.05, 4.69) is 66.3 Å². The number of hydrogen-bond donors (Lipinski definition) is 0. The molecule has 0 fully saturated rings. The Morgan fingerprint density at radius 3 is 1.54 bits per heavy atom. The summed E-state index contributed by atoms with van der Waals surface area (Å²) in [7, 11) is 0. The lowest BCUT2D eigenvalue weighted by molar-refractivity contribution is 0.785. The van der Waals surface area contributed by atoms with Gasteiger partial charge in [0.25, 0.3) is 0 Å². The van der Waals surface area contributed by atoms with Crippen LogP contribution in [0, 0.1) is 0 Å². The third kappa shape index (κ3) is 3.97. The molecule has 2 aromatic carbocycles. The second-order valence-corrected chi connectivity index (χ2v) is 7.79. The van der Waals surface area contributed by atoms with Crippen molar-refractivity contribution >= 4 is 31.9 Å². The second kappa shape index (κ2) is 7.60. The fourth-order valence-electron chi connectivity index (χ4n) is 2.77. The third-order valence-corrected chi connectivity index (χ3v) is 5.06. The summed E-state index contributed by atoms with van der Waals surface area (Å²) in [5.41, 5.74) is 4.21. The zero-order valence-corrected chi connectivity index (χ0v) is 17.1. The number of hydrogen-bond acceptors (Lipinski definition) is 2. The molecule has 4 aromatic rings. The van der Waals surface area contributed by atoms with E-state index in [1.54, 1.807) is 0 Å². The Labute approximate surface area is 168 Å². The standard InChI is InChI=1S/C20H16Br2N4/c21-15-3-1-5-19(13-15)25-11-9-17(23-25)7-8-18-10-12-26(24-18)20-6-2-4-16(22)14-20/h1-6,9-14H,7-8H2. The summed E-state index contributed by atoms with van der Waals surface area (Å²) in [6.45, 7) is 0. The van der Waals surface area contributed by atoms with E-state index in [1.165, 1.54) is 0 Å². The quantitative estimate of drug-likeness (QED) is 0.392. The molecule has 0 radical (unpaired) electrons. The lowest BCUT2D eigenvalue weighted by Crippen LogP contribution is -1.99. The van der Waals surface area contributed by atoms with Gasteiger partial charge in [0.05, 0.1) is 22.8 Å². The molecular formula is C20H16Br2N4. The summed E-state index contributed by atoms with van der Waals surface area (Å²) < 4.78 is 5.90. The molecule has 0 aliphatic heterocycles. The number of rotatable bonds is 5. The van der Waals surface area contributed by atoms with Crippen LogP contribution in [-0.2, 0) is 12.8 Å². The average Bonchev–Trinajstić information content (AvgIpc) is 3.30. The van der Waals surface area contributed by atoms with E-state index in [4.69, 9.17) is 0 Å². The van der Waals surface area contributed by atoms with Gasteiger partial charge in [0, 0.05) is 21.3 Å². The van der Waals surface area contributed by atoms with Crippen LogP contribution in [0.2, 0.25) is 0 Å². The molecule has 0 unspecified atom stereocenters. The highest BCUT2D eigenvalue weighted by atomic mass is 79.9. The van der Waals surface area contributed by atoms with Gasteiger partial charge in [-0.15, -0.1) is 0 Å². The van der Waals surface area contributed by atoms with Crippen molar-refractivity contribution in [2.75, 3.05) is 0 Å². The molecule has 0 spiro atoms. The van der Waals surface area contributed by atoms with E-state index in [0.717, 1.165) is 44.5 Å². The summed E-state index contributed by atoms with van der Waals surface area (Å²) in [6.07, 6.45) is 5.71. The Morgan fingerprint density at radius 1 is 0.654 bits per heavy atom. The van der Waals surface area contributed by atoms with Gasteiger partial charge in [-0.25, -0.2) is 9.36 Å². The Morgan fingerprint density at radius 2 is 1.12 bits per heavy atom. The van der Waals surface area contributed by atoms with E-state index in [1.807, 2.05) is 58.2 Å². The maximum atomic E-state index is 4.67. The molecule has 2 aromatic heterocycles. The molecule has 0 bridgehead atoms. The van der Waals surface area contributed by atoms with E-state index in [9.17, 15) is 0 Å². The minimum Gasteiger partial charge on any atom is -0.241 e. The van der Waals surface area contributed by atoms with Crippen LogP contribution in [0.5, 0.6) is 0 Å². The Kier molecular flexibility index (Phi) is 5.04. The van der Waals surface area contributed by atoms with Crippen LogP contribution in [0.25, 0.3) is 11.4 Å². The molecule has 0 amide bonds. The normalized spacial score (nSPS) is 11.0. The molecule has 130 valence electrons. The zero-order chi connectivity index (χ0) is 17.9. The summed E-state index contributed by atoms with van der Waals surface area (Å²) in [6, 6.07) is 20.4. The van der Waals surface area contributed by atoms with Crippen molar-refractivity contribution in [1.29, 1.82) is 0 Å². The lowest BCUT2D eigenvalue weighted by atomic mass is 10.2. The molecule has 2 heterocycles. The van der Waals surface area contributed by atoms with Gasteiger partial charge in [-0.2, -0.15) is 10.2 Å². The molecule has 0 aliphatic carbocycles. The molecule has 0 saturated heterocycles. The maximum Gasteiger partial charge on any atom is 0.0656 e. The van der Waals surface area contributed by atoms with Crippen molar-refractivity contribution in [3.8, 4) is 11.4 Å². The summed E-state index contributed by atoms with van der Waals surface area (Å²) in [5.74, 6) is 0. The number of benzene rings is 2. The highest BCUT2D eigenvalue weighted by Gasteiger charge is 2.06. The second-order valence-electron chi connectivity index (χ2n) is 5.96. The molecule has 0 saturated carbocycles. The SMILES string of the molecule is Brc1cccc(-n2ccc(CCc3ccn(-c4cccc(Br)c4)n3)n2)c1. The Balaban J connectivity index is 1.44. The number of aromatic nitrogens is 4. The van der Waals surface area contributed by atoms with Gasteiger partial charge in [0.15, 0.2) is 0 Å². The first-order valence-corrected chi connectivity index (χ1v) is 9.87. The van der Waals surface area contributed by atoms with E-state index >= 15 is 0 Å². The zero-order valence-electron chi connectivity index (χ0n) is 13.9. The molecule has 26 heavy (non-hydrogen) atoms. The number of nitrogens with zero attached hydrogens (tertiary/aromatic N) is 4. The molecule has 0 aliphatic rings. The predicted octanol–water partition coefficient (Wildman–Crippen LogP) is 5.37. The van der Waals surface area contributed by atoms with Gasteiger partial charge < -0.3 is 0 Å². The van der Waals surface area contributed by atoms with Crippen molar-refractivity contribution < 1.29 is 0 Å². The van der Waals surface area contributed by atoms with Crippen LogP contribution in [0.3, 0.4) is 0 Å². The minimum absolute atomic E-state index is 0.858. The van der Waals surface area contributed by atoms with Crippen LogP contribution >= 0.6 is 31.9 Å². The van der Waals surface area contributed by atoms with Crippen LogP contribution in [-0.4, -0.2) is 19.6 Å². The minimum atomic E-state index is 0.858. The first-order valence-electron chi connectivity index (χ1n) is 8.28. The van der Waals surface area contributed by atoms with Crippen molar-refractivity contribution in [2.45, 2.75) is 12.8 Å². The topological polar surface area (TPSA) is 35.6 Å². The first kappa shape index (κ1) is 17.2. The molecule has 6 heteroatoms. The average molecular weight is 472 g/mol. The van der Waals surface area contributed by atoms with Crippen LogP contribution in [0.15, 0.2) is 82.0 Å². The van der Waals surface area contributed by atoms with Crippen molar-refractivity contribution in [3.05, 3.63) is 93.4 Å². The summed E-state index contributed by atoms with van der Waals surface area (Å²) in [5, 5.41) is 9.34. The molecule has 0 atom stereocenters. The lowest BCUT2D eigenvalue weighted by Gasteiger charge is -2.02. The van der Waals surface area contributed by atoms with Crippen molar-refractivity contribution in [3.63, 3.8) is 0 Å². The summed E-state index contributed by atoms with van der Waals surface area (Å²) in [4.78, 5) is 0. The Bertz CT molecular complexity index is 952. The van der Waals surface area contributed by atoms with Crippen molar-refractivity contribution in [1.82, 2.24) is 19.6 Å².